The van der Waals surface area contributed by atoms with Crippen molar-refractivity contribution in [1.29, 1.82) is 0 Å². The Bertz CT molecular complexity index is 517. The lowest BCUT2D eigenvalue weighted by Crippen LogP contribution is -2.40. The second-order valence-corrected chi connectivity index (χ2v) is 5.86. The van der Waals surface area contributed by atoms with Crippen molar-refractivity contribution in [2.24, 2.45) is 0 Å². The number of amides is 1. The van der Waals surface area contributed by atoms with E-state index in [4.69, 9.17) is 4.74 Å². The van der Waals surface area contributed by atoms with Gasteiger partial charge in [0, 0.05) is 20.2 Å². The van der Waals surface area contributed by atoms with Crippen molar-refractivity contribution in [1.82, 2.24) is 10.2 Å². The van der Waals surface area contributed by atoms with Crippen molar-refractivity contribution in [2.75, 3.05) is 33.4 Å². The molecular weight excluding hydrogens is 302 g/mol. The van der Waals surface area contributed by atoms with E-state index in [0.29, 0.717) is 5.56 Å². The highest BCUT2D eigenvalue weighted by molar-refractivity contribution is 5.78. The smallest absolute Gasteiger partial charge is 0.236 e. The van der Waals surface area contributed by atoms with E-state index in [2.05, 4.69) is 5.32 Å². The first kappa shape index (κ1) is 17.8. The van der Waals surface area contributed by atoms with Gasteiger partial charge in [0.2, 0.25) is 5.91 Å². The second-order valence-electron chi connectivity index (χ2n) is 5.86. The number of methoxy groups -OCH3 is 1. The van der Waals surface area contributed by atoms with Crippen LogP contribution in [0.15, 0.2) is 18.2 Å². The van der Waals surface area contributed by atoms with Gasteiger partial charge in [0.1, 0.15) is 0 Å². The van der Waals surface area contributed by atoms with E-state index in [1.165, 1.54) is 26.0 Å². The Hall–Kier alpha value is -1.53. The molecule has 1 N–H and O–H groups in total. The zero-order valence-corrected chi connectivity index (χ0v) is 13.5. The second kappa shape index (κ2) is 8.93. The van der Waals surface area contributed by atoms with Gasteiger partial charge in [-0.25, -0.2) is 8.78 Å². The number of benzene rings is 1. The molecule has 1 aliphatic heterocycles. The zero-order chi connectivity index (χ0) is 16.7. The summed E-state index contributed by atoms with van der Waals surface area (Å²) in [5, 5.41) is 3.10. The van der Waals surface area contributed by atoms with Crippen LogP contribution >= 0.6 is 0 Å². The largest absolute Gasteiger partial charge is 0.383 e. The molecule has 1 aromatic rings. The summed E-state index contributed by atoms with van der Waals surface area (Å²) in [5.74, 6) is -1.75. The summed E-state index contributed by atoms with van der Waals surface area (Å²) in [6.07, 6.45) is 4.41. The first-order valence-electron chi connectivity index (χ1n) is 8.07. The SMILES string of the molecule is COC[C@@H](NCC(=O)N1CCCCCC1)c1ccc(F)c(F)c1. The van der Waals surface area contributed by atoms with Crippen LogP contribution in [-0.4, -0.2) is 44.2 Å². The molecule has 23 heavy (non-hydrogen) atoms. The highest BCUT2D eigenvalue weighted by atomic mass is 19.2. The van der Waals surface area contributed by atoms with Crippen molar-refractivity contribution in [3.8, 4) is 0 Å². The summed E-state index contributed by atoms with van der Waals surface area (Å²) in [6.45, 7) is 2.02. The molecule has 1 amide bonds. The van der Waals surface area contributed by atoms with E-state index in [-0.39, 0.29) is 25.1 Å². The highest BCUT2D eigenvalue weighted by Gasteiger charge is 2.18. The third kappa shape index (κ3) is 5.25. The molecule has 1 atom stereocenters. The van der Waals surface area contributed by atoms with Gasteiger partial charge in [-0.05, 0) is 30.5 Å². The van der Waals surface area contributed by atoms with Gasteiger partial charge < -0.3 is 9.64 Å². The fourth-order valence-corrected chi connectivity index (χ4v) is 2.81. The summed E-state index contributed by atoms with van der Waals surface area (Å²) < 4.78 is 31.6. The number of nitrogens with one attached hydrogen (secondary N) is 1. The minimum Gasteiger partial charge on any atom is -0.383 e. The number of hydrogen-bond donors (Lipinski definition) is 1. The predicted octanol–water partition coefficient (Wildman–Crippen LogP) is 2.64. The number of carbonyl (C=O) groups excluding carboxylic acids is 1. The molecular formula is C17H24F2N2O2. The first-order chi connectivity index (χ1) is 11.1. The van der Waals surface area contributed by atoms with Crippen molar-refractivity contribution >= 4 is 5.91 Å². The van der Waals surface area contributed by atoms with Gasteiger partial charge in [-0.3, -0.25) is 10.1 Å². The van der Waals surface area contributed by atoms with Crippen LogP contribution in [0.25, 0.3) is 0 Å². The molecule has 6 heteroatoms. The Balaban J connectivity index is 1.95. The fourth-order valence-electron chi connectivity index (χ4n) is 2.81. The molecule has 0 spiro atoms. The van der Waals surface area contributed by atoms with Gasteiger partial charge in [-0.15, -0.1) is 0 Å². The number of nitrogens with zero attached hydrogens (tertiary/aromatic N) is 1. The number of carbonyl (C=O) groups is 1. The minimum absolute atomic E-state index is 0.0376. The lowest BCUT2D eigenvalue weighted by atomic mass is 10.1. The van der Waals surface area contributed by atoms with E-state index in [0.717, 1.165) is 38.1 Å². The quantitative estimate of drug-likeness (QED) is 0.874. The molecule has 0 saturated carbocycles. The normalized spacial score (nSPS) is 16.9. The number of likely N-dealkylation sites (tertiary alicyclic amines) is 1. The van der Waals surface area contributed by atoms with Gasteiger partial charge in [0.05, 0.1) is 19.2 Å². The molecule has 0 radical (unpaired) electrons. The third-order valence-electron chi connectivity index (χ3n) is 4.14. The van der Waals surface area contributed by atoms with Crippen LogP contribution in [0.5, 0.6) is 0 Å². The molecule has 128 valence electrons. The molecule has 0 bridgehead atoms. The molecule has 1 heterocycles. The van der Waals surface area contributed by atoms with Crippen LogP contribution in [0.2, 0.25) is 0 Å². The summed E-state index contributed by atoms with van der Waals surface area (Å²) in [4.78, 5) is 14.2. The standard InChI is InChI=1S/C17H24F2N2O2/c1-23-12-16(13-6-7-14(18)15(19)10-13)20-11-17(22)21-8-4-2-3-5-9-21/h6-7,10,16,20H,2-5,8-9,11-12H2,1H3/t16-/m1/s1. The van der Waals surface area contributed by atoms with Crippen LogP contribution in [0, 0.1) is 11.6 Å². The first-order valence-corrected chi connectivity index (χ1v) is 8.07. The number of rotatable bonds is 6. The van der Waals surface area contributed by atoms with Crippen molar-refractivity contribution in [2.45, 2.75) is 31.7 Å². The van der Waals surface area contributed by atoms with Gasteiger partial charge in [-0.2, -0.15) is 0 Å². The minimum atomic E-state index is -0.899. The van der Waals surface area contributed by atoms with E-state index >= 15 is 0 Å². The molecule has 1 saturated heterocycles. The summed E-state index contributed by atoms with van der Waals surface area (Å²) in [6, 6.07) is 3.38. The summed E-state index contributed by atoms with van der Waals surface area (Å²) in [5.41, 5.74) is 0.564. The van der Waals surface area contributed by atoms with E-state index in [1.807, 2.05) is 4.90 Å². The van der Waals surface area contributed by atoms with Crippen LogP contribution in [0.4, 0.5) is 8.78 Å². The summed E-state index contributed by atoms with van der Waals surface area (Å²) in [7, 11) is 1.53. The zero-order valence-electron chi connectivity index (χ0n) is 13.5. The number of hydrogen-bond acceptors (Lipinski definition) is 3. The summed E-state index contributed by atoms with van der Waals surface area (Å²) >= 11 is 0. The maximum Gasteiger partial charge on any atom is 0.236 e. The average Bonchev–Trinajstić information content (AvgIpc) is 2.83. The topological polar surface area (TPSA) is 41.6 Å². The Morgan fingerprint density at radius 1 is 1.22 bits per heavy atom. The molecule has 0 aromatic heterocycles. The Morgan fingerprint density at radius 2 is 1.91 bits per heavy atom. The van der Waals surface area contributed by atoms with Crippen molar-refractivity contribution < 1.29 is 18.3 Å². The maximum absolute atomic E-state index is 13.4. The van der Waals surface area contributed by atoms with E-state index in [1.54, 1.807) is 0 Å². The van der Waals surface area contributed by atoms with Crippen LogP contribution in [0.3, 0.4) is 0 Å². The molecule has 2 rings (SSSR count). The number of ether oxygens (including phenoxy) is 1. The van der Waals surface area contributed by atoms with Crippen LogP contribution in [0.1, 0.15) is 37.3 Å². The van der Waals surface area contributed by atoms with E-state index < -0.39 is 11.6 Å². The fraction of sp³-hybridized carbons (Fsp3) is 0.588. The van der Waals surface area contributed by atoms with Crippen molar-refractivity contribution in [3.05, 3.63) is 35.4 Å². The lowest BCUT2D eigenvalue weighted by molar-refractivity contribution is -0.130. The van der Waals surface area contributed by atoms with Crippen LogP contribution in [-0.2, 0) is 9.53 Å². The third-order valence-corrected chi connectivity index (χ3v) is 4.14. The molecule has 1 fully saturated rings. The Labute approximate surface area is 135 Å². The molecule has 1 aromatic carbocycles. The van der Waals surface area contributed by atoms with Gasteiger partial charge in [-0.1, -0.05) is 18.9 Å². The van der Waals surface area contributed by atoms with Gasteiger partial charge in [0.25, 0.3) is 0 Å². The molecule has 1 aliphatic rings. The molecule has 0 unspecified atom stereocenters. The highest BCUT2D eigenvalue weighted by Crippen LogP contribution is 2.17. The average molecular weight is 326 g/mol. The van der Waals surface area contributed by atoms with E-state index in [9.17, 15) is 13.6 Å². The van der Waals surface area contributed by atoms with Gasteiger partial charge >= 0.3 is 0 Å². The number of halogens is 2. The Morgan fingerprint density at radius 3 is 2.52 bits per heavy atom. The van der Waals surface area contributed by atoms with Gasteiger partial charge in [0.15, 0.2) is 11.6 Å². The molecule has 0 aliphatic carbocycles. The lowest BCUT2D eigenvalue weighted by Gasteiger charge is -2.23. The predicted molar refractivity (Wildman–Crippen MR) is 84.0 cm³/mol. The monoisotopic (exact) mass is 326 g/mol. The van der Waals surface area contributed by atoms with Crippen LogP contribution < -0.4 is 5.32 Å². The Kier molecular flexibility index (Phi) is 6.92. The maximum atomic E-state index is 13.4. The molecule has 4 nitrogen and oxygen atoms in total. The van der Waals surface area contributed by atoms with Crippen molar-refractivity contribution in [3.63, 3.8) is 0 Å².